The second kappa shape index (κ2) is 52.1. The van der Waals surface area contributed by atoms with E-state index in [1.807, 2.05) is 122 Å². The fourth-order valence-corrected chi connectivity index (χ4v) is 14.8. The monoisotopic (exact) mass is 1670 g/mol. The predicted octanol–water partition coefficient (Wildman–Crippen LogP) is 13.3. The highest BCUT2D eigenvalue weighted by Gasteiger charge is 2.38. The van der Waals surface area contributed by atoms with E-state index < -0.39 is 89.4 Å². The molecular formula is C95H119N9O18. The molecule has 0 saturated carbocycles. The first kappa shape index (κ1) is 97.0. The van der Waals surface area contributed by atoms with Gasteiger partial charge in [0, 0.05) is 93.4 Å². The molecule has 652 valence electrons. The van der Waals surface area contributed by atoms with Gasteiger partial charge in [0.05, 0.1) is 36.8 Å². The maximum Gasteiger partial charge on any atom is 0.407 e. The number of ketones is 3. The molecule has 1 aliphatic carbocycles. The number of urea groups is 1. The third kappa shape index (κ3) is 31.5. The molecule has 13 N–H and O–H groups in total. The maximum absolute atomic E-state index is 15.0. The van der Waals surface area contributed by atoms with Gasteiger partial charge in [-0.1, -0.05) is 185 Å². The summed E-state index contributed by atoms with van der Waals surface area (Å²) >= 11 is 0. The zero-order chi connectivity index (χ0) is 88.3. The van der Waals surface area contributed by atoms with Gasteiger partial charge in [-0.15, -0.1) is 0 Å². The van der Waals surface area contributed by atoms with E-state index in [4.69, 9.17) is 51.7 Å². The van der Waals surface area contributed by atoms with Crippen molar-refractivity contribution in [1.82, 2.24) is 20.9 Å². The molecule has 1 aliphatic heterocycles. The number of aryl methyl sites for hydroxylation is 2. The fraction of sp³-hybridized carbons (Fsp3) is 0.432. The quantitative estimate of drug-likeness (QED) is 0.00741. The number of amides is 5. The summed E-state index contributed by atoms with van der Waals surface area (Å²) < 4.78 is 28.0. The lowest BCUT2D eigenvalue weighted by molar-refractivity contribution is -0.152. The number of nitrogens with zero attached hydrogens (tertiary/aromatic N) is 2. The highest BCUT2D eigenvalue weighted by atomic mass is 16.6. The van der Waals surface area contributed by atoms with Gasteiger partial charge in [-0.25, -0.2) is 9.59 Å². The van der Waals surface area contributed by atoms with Crippen LogP contribution in [0.1, 0.15) is 196 Å². The highest BCUT2D eigenvalue weighted by molar-refractivity contribution is 6.01. The molecule has 2 aliphatic rings. The van der Waals surface area contributed by atoms with Crippen LogP contribution in [0.4, 0.5) is 9.59 Å². The summed E-state index contributed by atoms with van der Waals surface area (Å²) in [5, 5.41) is 35.8. The Hall–Kier alpha value is -12.1. The number of aliphatic carboxylic acids is 2. The molecule has 0 unspecified atom stereocenters. The molecule has 4 bridgehead atoms. The molecule has 0 radical (unpaired) electrons. The number of hydrogen-bond donors (Lipinski definition) is 9. The molecule has 7 aromatic rings. The van der Waals surface area contributed by atoms with E-state index in [0.717, 1.165) is 63.8 Å². The number of carboxylic acids is 2. The van der Waals surface area contributed by atoms with E-state index in [9.17, 15) is 63.1 Å². The zero-order valence-corrected chi connectivity index (χ0v) is 70.5. The van der Waals surface area contributed by atoms with Crippen LogP contribution in [-0.4, -0.2) is 146 Å². The van der Waals surface area contributed by atoms with Crippen LogP contribution in [0.15, 0.2) is 164 Å². The minimum absolute atomic E-state index is 0.0264. The van der Waals surface area contributed by atoms with Crippen LogP contribution < -0.4 is 48.4 Å². The normalized spacial score (nSPS) is 14.7. The lowest BCUT2D eigenvalue weighted by atomic mass is 9.87. The Morgan fingerprint density at radius 2 is 1.12 bits per heavy atom. The second-order valence-corrected chi connectivity index (χ2v) is 30.7. The Labute approximate surface area is 714 Å². The number of rotatable bonds is 44. The molecule has 27 nitrogen and oxygen atoms in total. The summed E-state index contributed by atoms with van der Waals surface area (Å²) in [6, 6.07) is 50.0. The van der Waals surface area contributed by atoms with Crippen LogP contribution >= 0.6 is 0 Å². The van der Waals surface area contributed by atoms with Crippen LogP contribution in [0.2, 0.25) is 0 Å². The number of carbonyl (C=O) groups excluding carboxylic acids is 9. The minimum atomic E-state index is -1.25. The Bertz CT molecular complexity index is 4610. The molecule has 5 amide bonds. The van der Waals surface area contributed by atoms with Crippen molar-refractivity contribution in [3.05, 3.63) is 214 Å². The zero-order valence-electron chi connectivity index (χ0n) is 70.5. The maximum atomic E-state index is 15.0. The largest absolute Gasteiger partial charge is 0.492 e. The molecule has 122 heavy (non-hydrogen) atoms. The van der Waals surface area contributed by atoms with Gasteiger partial charge < -0.3 is 77.7 Å². The van der Waals surface area contributed by atoms with E-state index in [1.165, 1.54) is 37.6 Å². The number of carboxylic acid groups (broad SMARTS) is 2. The number of nitrogens with one attached hydrogen (secondary N) is 3. The van der Waals surface area contributed by atoms with Crippen LogP contribution in [-0.2, 0) is 78.6 Å². The van der Waals surface area contributed by atoms with Gasteiger partial charge in [0.15, 0.2) is 17.3 Å². The van der Waals surface area contributed by atoms with Crippen LogP contribution in [0.3, 0.4) is 0 Å². The Balaban J connectivity index is 0.000000306. The van der Waals surface area contributed by atoms with Crippen molar-refractivity contribution in [2.45, 2.75) is 180 Å². The summed E-state index contributed by atoms with van der Waals surface area (Å²) in [6.07, 6.45) is 8.74. The van der Waals surface area contributed by atoms with Gasteiger partial charge in [0.2, 0.25) is 11.8 Å². The Kier molecular flexibility index (Phi) is 41.5. The van der Waals surface area contributed by atoms with Crippen molar-refractivity contribution in [1.29, 1.82) is 5.26 Å². The van der Waals surface area contributed by atoms with Gasteiger partial charge >= 0.3 is 36.0 Å². The van der Waals surface area contributed by atoms with E-state index in [1.54, 1.807) is 37.3 Å². The first-order valence-corrected chi connectivity index (χ1v) is 42.1. The fourth-order valence-electron chi connectivity index (χ4n) is 14.8. The summed E-state index contributed by atoms with van der Waals surface area (Å²) in [5.41, 5.74) is 33.3. The van der Waals surface area contributed by atoms with Crippen LogP contribution in [0.5, 0.6) is 11.5 Å². The summed E-state index contributed by atoms with van der Waals surface area (Å²) in [5.74, 6) is -7.75. The third-order valence-corrected chi connectivity index (χ3v) is 21.4. The van der Waals surface area contributed by atoms with Crippen LogP contribution in [0, 0.1) is 41.9 Å². The number of hydrogen-bond acceptors (Lipinski definition) is 20. The van der Waals surface area contributed by atoms with Gasteiger partial charge in [0.1, 0.15) is 50.6 Å². The molecule has 7 aromatic carbocycles. The molecule has 0 fully saturated rings. The number of benzene rings is 7. The molecule has 9 rings (SSSR count). The number of ether oxygens (including phenoxy) is 5. The standard InChI is InChI=1S/C52H71N7O8.C29H29NO6.C14H19NO4/c1-5-6-7-8-9-10-13-36-16-19-40(34(2)28-36)45(61)33-39(14-12-25-57-52(56)65)51(64)59(4)49-38-18-21-48(67-27-24-55)42(32-38)41-30-37(17-20-47(41)66-26-23-54)31-43(44(60)15-11-22-53)58-50(63)35(3)29-46(49)62;31-27(35-18-20-9-2-1-3-10-20)17-21(28(32)33)11-8-16-30-29(34)36-19-26-24-14-6-4-12-22(24)23-13-5-7-15-25(23)26;15-8-4-7-12(14(17)18)9-13(16)19-10-11-5-2-1-3-6-11/h16-21,28,30,32,35,39,43,49H,5-15,23-27,29,31,33,54-55H2,1-4H3,(H,58,63)(H3,56,57,65);1-7,9-10,12-15,21,26H,8,11,16-19H2,(H,30,34)(H,32,33);1-3,5-6,12H,4,7-10,15H2,(H,17,18)/t35-,39-,43+,49+;21-;12-/m111/s1. The summed E-state index contributed by atoms with van der Waals surface area (Å²) in [4.78, 5) is 143. The van der Waals surface area contributed by atoms with Crippen LogP contribution in [0.25, 0.3) is 22.3 Å². The van der Waals surface area contributed by atoms with Crippen molar-refractivity contribution in [3.8, 4) is 39.8 Å². The molecule has 6 atom stereocenters. The smallest absolute Gasteiger partial charge is 0.407 e. The topological polar surface area (TPSA) is 442 Å². The Morgan fingerprint density at radius 1 is 0.582 bits per heavy atom. The summed E-state index contributed by atoms with van der Waals surface area (Å²) in [7, 11) is 1.51. The van der Waals surface area contributed by atoms with Crippen molar-refractivity contribution in [3.63, 3.8) is 0 Å². The number of fused-ring (bicyclic) bond motifs is 8. The average Bonchev–Trinajstić information content (AvgIpc) is 1.60. The number of likely N-dealkylation sites (N-methyl/N-ethyl adjacent to an activating group) is 1. The van der Waals surface area contributed by atoms with Crippen molar-refractivity contribution < 1.29 is 86.6 Å². The van der Waals surface area contributed by atoms with Crippen molar-refractivity contribution in [2.24, 2.45) is 46.6 Å². The van der Waals surface area contributed by atoms with Gasteiger partial charge in [-0.2, -0.15) is 5.26 Å². The number of alkyl carbamates (subject to hydrolysis) is 1. The van der Waals surface area contributed by atoms with E-state index in [2.05, 4.69) is 47.1 Å². The van der Waals surface area contributed by atoms with Gasteiger partial charge in [0.25, 0.3) is 0 Å². The first-order valence-electron chi connectivity index (χ1n) is 42.1. The molecule has 27 heteroatoms. The highest BCUT2D eigenvalue weighted by Crippen LogP contribution is 2.45. The Morgan fingerprint density at radius 3 is 1.68 bits per heavy atom. The molecule has 1 heterocycles. The van der Waals surface area contributed by atoms with Crippen molar-refractivity contribution in [2.75, 3.05) is 59.6 Å². The predicted molar refractivity (Wildman–Crippen MR) is 463 cm³/mol. The molecule has 0 aromatic heterocycles. The number of nitrogens with two attached hydrogens (primary N) is 4. The lowest BCUT2D eigenvalue weighted by Crippen LogP contribution is -2.45. The molecule has 0 spiro atoms. The van der Waals surface area contributed by atoms with Crippen molar-refractivity contribution >= 4 is 65.2 Å². The number of carbonyl (C=O) groups is 11. The minimum Gasteiger partial charge on any atom is -0.492 e. The number of unbranched alkanes of at least 4 members (excludes halogenated alkanes) is 5. The molecular weight excluding hydrogens is 1560 g/mol. The first-order chi connectivity index (χ1) is 58.9. The SMILES string of the molecule is CCCCCCCCc1ccc(C(=O)C[C@@H](CCCNC(N)=O)C(=O)N(C)[C@@H]2C(=O)C[C@@H](C)C(=O)N[C@H](C(=O)CCC#N)Cc3ccc(OCCN)c(c3)-c3cc2ccc3OCCN)c(C)c1.NCCC[C@H](CC(=O)OCc1ccccc1)C(=O)O.O=C(C[C@@H](CCCNC(=O)OCC1c2ccccc2-c2ccccc21)C(=O)O)OCc1ccccc1. The van der Waals surface area contributed by atoms with Gasteiger partial charge in [-0.05, 0) is 151 Å². The lowest BCUT2D eigenvalue weighted by Gasteiger charge is -2.32. The number of nitriles is 1. The van der Waals surface area contributed by atoms with E-state index in [0.29, 0.717) is 71.5 Å². The number of primary amides is 1. The number of Topliss-reactive ketones (excluding diaryl/α,β-unsaturated/α-hetero) is 3. The third-order valence-electron chi connectivity index (χ3n) is 21.4. The number of esters is 2. The average molecular weight is 1680 g/mol. The second-order valence-electron chi connectivity index (χ2n) is 30.7. The summed E-state index contributed by atoms with van der Waals surface area (Å²) in [6.45, 7) is 7.76. The van der Waals surface area contributed by atoms with E-state index in [-0.39, 0.29) is 134 Å². The van der Waals surface area contributed by atoms with E-state index >= 15 is 0 Å². The van der Waals surface area contributed by atoms with Gasteiger partial charge in [-0.3, -0.25) is 43.2 Å². The molecule has 0 saturated heterocycles.